The van der Waals surface area contributed by atoms with Crippen molar-refractivity contribution in [3.05, 3.63) is 42.0 Å². The van der Waals surface area contributed by atoms with Crippen LogP contribution in [0.15, 0.2) is 36.4 Å². The van der Waals surface area contributed by atoms with Gasteiger partial charge in [0.15, 0.2) is 0 Å². The van der Waals surface area contributed by atoms with E-state index in [2.05, 4.69) is 31.2 Å². The third-order valence-electron chi connectivity index (χ3n) is 2.07. The molecule has 0 bridgehead atoms. The molecule has 1 heteroatoms. The normalized spacial score (nSPS) is 10.7. The second kappa shape index (κ2) is 6.25. The molecule has 0 saturated heterocycles. The van der Waals surface area contributed by atoms with E-state index < -0.39 is 0 Å². The Morgan fingerprint density at radius 3 is 2.50 bits per heavy atom. The topological polar surface area (TPSA) is 9.23 Å². The highest BCUT2D eigenvalue weighted by Gasteiger charge is 1.93. The third kappa shape index (κ3) is 3.65. The zero-order valence-corrected chi connectivity index (χ0v) is 8.99. The van der Waals surface area contributed by atoms with Crippen molar-refractivity contribution in [2.75, 3.05) is 6.61 Å². The average molecular weight is 190 g/mol. The van der Waals surface area contributed by atoms with Crippen LogP contribution in [0, 0.1) is 0 Å². The molecule has 0 atom stereocenters. The monoisotopic (exact) mass is 190 g/mol. The van der Waals surface area contributed by atoms with Crippen molar-refractivity contribution in [2.24, 2.45) is 0 Å². The Labute approximate surface area is 86.4 Å². The molecule has 0 aliphatic carbocycles. The Kier molecular flexibility index (Phi) is 4.84. The van der Waals surface area contributed by atoms with Crippen LogP contribution in [-0.4, -0.2) is 6.61 Å². The standard InChI is InChI=1S/C13H18O/c1-3-5-6-7-12-8-10-13(11-9-12)14-4-2/h3,5,8-11H,4,6-7H2,1-2H3/b5-3-. The Hall–Kier alpha value is -1.24. The molecule has 1 rings (SSSR count). The summed E-state index contributed by atoms with van der Waals surface area (Å²) in [6, 6.07) is 8.34. The van der Waals surface area contributed by atoms with Crippen LogP contribution in [0.25, 0.3) is 0 Å². The van der Waals surface area contributed by atoms with Gasteiger partial charge in [0.1, 0.15) is 5.75 Å². The first-order valence-corrected chi connectivity index (χ1v) is 5.19. The van der Waals surface area contributed by atoms with Crippen LogP contribution in [0.5, 0.6) is 5.75 Å². The van der Waals surface area contributed by atoms with Crippen molar-refractivity contribution in [3.8, 4) is 5.75 Å². The fraction of sp³-hybridized carbons (Fsp3) is 0.385. The van der Waals surface area contributed by atoms with Crippen molar-refractivity contribution in [1.29, 1.82) is 0 Å². The van der Waals surface area contributed by atoms with E-state index >= 15 is 0 Å². The van der Waals surface area contributed by atoms with Gasteiger partial charge in [-0.2, -0.15) is 0 Å². The highest BCUT2D eigenvalue weighted by molar-refractivity contribution is 5.27. The molecule has 0 heterocycles. The van der Waals surface area contributed by atoms with Crippen LogP contribution >= 0.6 is 0 Å². The summed E-state index contributed by atoms with van der Waals surface area (Å²) in [5.74, 6) is 0.960. The fourth-order valence-corrected chi connectivity index (χ4v) is 1.34. The molecule has 0 aliphatic heterocycles. The third-order valence-corrected chi connectivity index (χ3v) is 2.07. The molecule has 0 saturated carbocycles. The van der Waals surface area contributed by atoms with Gasteiger partial charge in [0.2, 0.25) is 0 Å². The molecular formula is C13H18O. The number of hydrogen-bond donors (Lipinski definition) is 0. The molecule has 0 radical (unpaired) electrons. The maximum atomic E-state index is 5.37. The Bertz CT molecular complexity index is 272. The first-order chi connectivity index (χ1) is 6.86. The smallest absolute Gasteiger partial charge is 0.119 e. The van der Waals surface area contributed by atoms with E-state index in [0.717, 1.165) is 25.2 Å². The van der Waals surface area contributed by atoms with Crippen molar-refractivity contribution in [1.82, 2.24) is 0 Å². The Balaban J connectivity index is 2.46. The summed E-state index contributed by atoms with van der Waals surface area (Å²) in [4.78, 5) is 0. The summed E-state index contributed by atoms with van der Waals surface area (Å²) in [5, 5.41) is 0. The number of aryl methyl sites for hydroxylation is 1. The highest BCUT2D eigenvalue weighted by atomic mass is 16.5. The first kappa shape index (κ1) is 10.8. The Morgan fingerprint density at radius 2 is 1.93 bits per heavy atom. The summed E-state index contributed by atoms with van der Waals surface area (Å²) in [6.45, 7) is 4.79. The fourth-order valence-electron chi connectivity index (χ4n) is 1.34. The molecule has 1 aromatic rings. The molecular weight excluding hydrogens is 172 g/mol. The van der Waals surface area contributed by atoms with E-state index in [1.165, 1.54) is 5.56 Å². The maximum Gasteiger partial charge on any atom is 0.119 e. The molecule has 14 heavy (non-hydrogen) atoms. The van der Waals surface area contributed by atoms with Crippen molar-refractivity contribution in [2.45, 2.75) is 26.7 Å². The van der Waals surface area contributed by atoms with E-state index in [9.17, 15) is 0 Å². The summed E-state index contributed by atoms with van der Waals surface area (Å²) in [7, 11) is 0. The van der Waals surface area contributed by atoms with E-state index in [1.807, 2.05) is 19.1 Å². The molecule has 76 valence electrons. The molecule has 0 unspecified atom stereocenters. The molecule has 0 amide bonds. The van der Waals surface area contributed by atoms with Gasteiger partial charge in [-0.1, -0.05) is 24.3 Å². The van der Waals surface area contributed by atoms with E-state index in [-0.39, 0.29) is 0 Å². The molecule has 0 N–H and O–H groups in total. The van der Waals surface area contributed by atoms with E-state index in [0.29, 0.717) is 0 Å². The molecule has 1 nitrogen and oxygen atoms in total. The number of allylic oxidation sites excluding steroid dienone is 2. The van der Waals surface area contributed by atoms with Crippen molar-refractivity contribution < 1.29 is 4.74 Å². The summed E-state index contributed by atoms with van der Waals surface area (Å²) >= 11 is 0. The number of rotatable bonds is 5. The van der Waals surface area contributed by atoms with Gasteiger partial charge < -0.3 is 4.74 Å². The van der Waals surface area contributed by atoms with Gasteiger partial charge in [0, 0.05) is 0 Å². The van der Waals surface area contributed by atoms with Gasteiger partial charge in [-0.3, -0.25) is 0 Å². The van der Waals surface area contributed by atoms with Gasteiger partial charge in [-0.25, -0.2) is 0 Å². The van der Waals surface area contributed by atoms with E-state index in [4.69, 9.17) is 4.74 Å². The van der Waals surface area contributed by atoms with Gasteiger partial charge in [-0.05, 0) is 44.4 Å². The zero-order chi connectivity index (χ0) is 10.2. The van der Waals surface area contributed by atoms with Crippen LogP contribution < -0.4 is 4.74 Å². The zero-order valence-electron chi connectivity index (χ0n) is 8.99. The largest absolute Gasteiger partial charge is 0.494 e. The molecule has 1 aromatic carbocycles. The van der Waals surface area contributed by atoms with Crippen LogP contribution in [0.4, 0.5) is 0 Å². The Morgan fingerprint density at radius 1 is 1.21 bits per heavy atom. The van der Waals surface area contributed by atoms with Crippen LogP contribution in [0.1, 0.15) is 25.8 Å². The minimum atomic E-state index is 0.734. The average Bonchev–Trinajstić information content (AvgIpc) is 2.21. The maximum absolute atomic E-state index is 5.37. The van der Waals surface area contributed by atoms with Gasteiger partial charge in [-0.15, -0.1) is 0 Å². The first-order valence-electron chi connectivity index (χ1n) is 5.19. The lowest BCUT2D eigenvalue weighted by molar-refractivity contribution is 0.340. The lowest BCUT2D eigenvalue weighted by Crippen LogP contribution is -1.91. The van der Waals surface area contributed by atoms with Gasteiger partial charge in [0.05, 0.1) is 6.61 Å². The highest BCUT2D eigenvalue weighted by Crippen LogP contribution is 2.13. The predicted octanol–water partition coefficient (Wildman–Crippen LogP) is 3.59. The summed E-state index contributed by atoms with van der Waals surface area (Å²) in [6.07, 6.45) is 6.51. The number of ether oxygens (including phenoxy) is 1. The molecule has 0 fully saturated rings. The van der Waals surface area contributed by atoms with Crippen LogP contribution in [-0.2, 0) is 6.42 Å². The molecule has 0 aromatic heterocycles. The second-order valence-electron chi connectivity index (χ2n) is 3.18. The quantitative estimate of drug-likeness (QED) is 0.645. The second-order valence-corrected chi connectivity index (χ2v) is 3.18. The molecule has 0 aliphatic rings. The lowest BCUT2D eigenvalue weighted by Gasteiger charge is -2.03. The summed E-state index contributed by atoms with van der Waals surface area (Å²) < 4.78 is 5.37. The van der Waals surface area contributed by atoms with Crippen molar-refractivity contribution >= 4 is 0 Å². The minimum Gasteiger partial charge on any atom is -0.494 e. The number of benzene rings is 1. The lowest BCUT2D eigenvalue weighted by atomic mass is 10.1. The van der Waals surface area contributed by atoms with Crippen molar-refractivity contribution in [3.63, 3.8) is 0 Å². The van der Waals surface area contributed by atoms with E-state index in [1.54, 1.807) is 0 Å². The van der Waals surface area contributed by atoms with Crippen LogP contribution in [0.3, 0.4) is 0 Å². The minimum absolute atomic E-state index is 0.734. The predicted molar refractivity (Wildman–Crippen MR) is 60.7 cm³/mol. The SMILES string of the molecule is C/C=C\CCc1ccc(OCC)cc1. The van der Waals surface area contributed by atoms with Gasteiger partial charge >= 0.3 is 0 Å². The number of hydrogen-bond acceptors (Lipinski definition) is 1. The van der Waals surface area contributed by atoms with Crippen LogP contribution in [0.2, 0.25) is 0 Å². The van der Waals surface area contributed by atoms with Gasteiger partial charge in [0.25, 0.3) is 0 Å². The molecule has 0 spiro atoms. The summed E-state index contributed by atoms with van der Waals surface area (Å²) in [5.41, 5.74) is 1.37.